The van der Waals surface area contributed by atoms with Crippen LogP contribution in [-0.4, -0.2) is 63.6 Å². The lowest BCUT2D eigenvalue weighted by Crippen LogP contribution is -2.41. The minimum absolute atomic E-state index is 0.234. The second-order valence-electron chi connectivity index (χ2n) is 7.69. The number of hydrogen-bond donors (Lipinski definition) is 2. The standard InChI is InChI=1S/C24H35N5O3/c1-4-25-24(28-21-7-5-8-22(15-21)32-13-6-12-30-3)27-17-20-9-10-23(26-16-20)29-11-14-31-19(2)18-29/h5,7-10,15-16,19H,4,6,11-14,17-18H2,1-3H3,(H2,25,27,28). The largest absolute Gasteiger partial charge is 0.493 e. The molecule has 2 N–H and O–H groups in total. The van der Waals surface area contributed by atoms with E-state index in [1.165, 1.54) is 0 Å². The Kier molecular flexibility index (Phi) is 9.59. The maximum Gasteiger partial charge on any atom is 0.196 e. The Morgan fingerprint density at radius 2 is 2.19 bits per heavy atom. The Morgan fingerprint density at radius 3 is 2.94 bits per heavy atom. The summed E-state index contributed by atoms with van der Waals surface area (Å²) in [5.41, 5.74) is 1.98. The van der Waals surface area contributed by atoms with Crippen LogP contribution in [-0.2, 0) is 16.0 Å². The fourth-order valence-corrected chi connectivity index (χ4v) is 3.39. The van der Waals surface area contributed by atoms with Crippen LogP contribution in [0, 0.1) is 0 Å². The van der Waals surface area contributed by atoms with E-state index in [4.69, 9.17) is 19.2 Å². The second-order valence-corrected chi connectivity index (χ2v) is 7.69. The summed E-state index contributed by atoms with van der Waals surface area (Å²) in [5, 5.41) is 6.64. The molecule has 1 aliphatic heterocycles. The summed E-state index contributed by atoms with van der Waals surface area (Å²) in [5.74, 6) is 2.52. The maximum atomic E-state index is 5.79. The van der Waals surface area contributed by atoms with Crippen molar-refractivity contribution >= 4 is 17.5 Å². The van der Waals surface area contributed by atoms with Crippen LogP contribution in [0.3, 0.4) is 0 Å². The molecule has 174 valence electrons. The molecule has 0 amide bonds. The first kappa shape index (κ1) is 23.8. The molecule has 2 aromatic rings. The predicted molar refractivity (Wildman–Crippen MR) is 129 cm³/mol. The van der Waals surface area contributed by atoms with Crippen molar-refractivity contribution in [1.82, 2.24) is 10.3 Å². The van der Waals surface area contributed by atoms with Gasteiger partial charge in [-0.15, -0.1) is 0 Å². The highest BCUT2D eigenvalue weighted by Crippen LogP contribution is 2.18. The van der Waals surface area contributed by atoms with Gasteiger partial charge in [-0.05, 0) is 37.6 Å². The number of methoxy groups -OCH3 is 1. The molecule has 1 saturated heterocycles. The van der Waals surface area contributed by atoms with Gasteiger partial charge in [0.1, 0.15) is 11.6 Å². The molecule has 3 rings (SSSR count). The van der Waals surface area contributed by atoms with E-state index in [0.29, 0.717) is 19.8 Å². The Labute approximate surface area is 191 Å². The van der Waals surface area contributed by atoms with Gasteiger partial charge in [0.15, 0.2) is 5.96 Å². The molecule has 8 nitrogen and oxygen atoms in total. The van der Waals surface area contributed by atoms with Crippen molar-refractivity contribution in [3.05, 3.63) is 48.2 Å². The number of nitrogens with zero attached hydrogens (tertiary/aromatic N) is 3. The van der Waals surface area contributed by atoms with Gasteiger partial charge in [0, 0.05) is 57.7 Å². The number of ether oxygens (including phenoxy) is 3. The van der Waals surface area contributed by atoms with E-state index in [1.54, 1.807) is 7.11 Å². The van der Waals surface area contributed by atoms with E-state index in [2.05, 4.69) is 39.6 Å². The average Bonchev–Trinajstić information content (AvgIpc) is 2.81. The van der Waals surface area contributed by atoms with E-state index in [1.807, 2.05) is 37.4 Å². The van der Waals surface area contributed by atoms with Crippen LogP contribution in [0.5, 0.6) is 5.75 Å². The van der Waals surface area contributed by atoms with E-state index >= 15 is 0 Å². The summed E-state index contributed by atoms with van der Waals surface area (Å²) < 4.78 is 16.5. The molecule has 1 aliphatic rings. The van der Waals surface area contributed by atoms with Crippen LogP contribution in [0.4, 0.5) is 11.5 Å². The first-order chi connectivity index (χ1) is 15.7. The molecule has 32 heavy (non-hydrogen) atoms. The van der Waals surface area contributed by atoms with Crippen molar-refractivity contribution in [2.75, 3.05) is 56.8 Å². The number of rotatable bonds is 10. The normalized spacial score (nSPS) is 16.7. The third kappa shape index (κ3) is 7.69. The van der Waals surface area contributed by atoms with Crippen LogP contribution in [0.25, 0.3) is 0 Å². The lowest BCUT2D eigenvalue weighted by molar-refractivity contribution is 0.0529. The van der Waals surface area contributed by atoms with Crippen LogP contribution >= 0.6 is 0 Å². The van der Waals surface area contributed by atoms with Crippen LogP contribution in [0.15, 0.2) is 47.6 Å². The molecule has 1 atom stereocenters. The Hall–Kier alpha value is -2.84. The lowest BCUT2D eigenvalue weighted by atomic mass is 10.2. The molecule has 1 unspecified atom stereocenters. The van der Waals surface area contributed by atoms with Gasteiger partial charge in [0.25, 0.3) is 0 Å². The van der Waals surface area contributed by atoms with Gasteiger partial charge in [-0.2, -0.15) is 0 Å². The highest BCUT2D eigenvalue weighted by atomic mass is 16.5. The van der Waals surface area contributed by atoms with Gasteiger partial charge < -0.3 is 29.7 Å². The molecule has 0 bridgehead atoms. The fraction of sp³-hybridized carbons (Fsp3) is 0.500. The molecule has 0 spiro atoms. The lowest BCUT2D eigenvalue weighted by Gasteiger charge is -2.32. The number of aromatic nitrogens is 1. The molecule has 1 aromatic carbocycles. The van der Waals surface area contributed by atoms with Crippen molar-refractivity contribution in [2.24, 2.45) is 4.99 Å². The van der Waals surface area contributed by atoms with Gasteiger partial charge >= 0.3 is 0 Å². The Bertz CT molecular complexity index is 844. The Balaban J connectivity index is 1.57. The SMILES string of the molecule is CCNC(=NCc1ccc(N2CCOC(C)C2)nc1)Nc1cccc(OCCCOC)c1. The predicted octanol–water partition coefficient (Wildman–Crippen LogP) is 3.30. The Morgan fingerprint density at radius 1 is 1.28 bits per heavy atom. The van der Waals surface area contributed by atoms with E-state index in [-0.39, 0.29) is 6.10 Å². The maximum absolute atomic E-state index is 5.79. The molecule has 0 radical (unpaired) electrons. The number of pyridine rings is 1. The number of hydrogen-bond acceptors (Lipinski definition) is 6. The van der Waals surface area contributed by atoms with Crippen molar-refractivity contribution in [3.63, 3.8) is 0 Å². The summed E-state index contributed by atoms with van der Waals surface area (Å²) in [7, 11) is 1.70. The third-order valence-corrected chi connectivity index (χ3v) is 5.00. The zero-order chi connectivity index (χ0) is 22.6. The van der Waals surface area contributed by atoms with Crippen LogP contribution in [0.1, 0.15) is 25.8 Å². The number of benzene rings is 1. The number of nitrogens with one attached hydrogen (secondary N) is 2. The summed E-state index contributed by atoms with van der Waals surface area (Å²) in [6, 6.07) is 12.0. The zero-order valence-electron chi connectivity index (χ0n) is 19.3. The molecule has 1 fully saturated rings. The summed E-state index contributed by atoms with van der Waals surface area (Å²) in [6.45, 7) is 9.24. The van der Waals surface area contributed by atoms with Crippen molar-refractivity contribution in [2.45, 2.75) is 32.9 Å². The highest BCUT2D eigenvalue weighted by Gasteiger charge is 2.17. The minimum Gasteiger partial charge on any atom is -0.493 e. The molecule has 2 heterocycles. The average molecular weight is 442 g/mol. The number of aliphatic imine (C=N–C) groups is 1. The summed E-state index contributed by atoms with van der Waals surface area (Å²) in [4.78, 5) is 11.6. The molecule has 8 heteroatoms. The topological polar surface area (TPSA) is 80.2 Å². The monoisotopic (exact) mass is 441 g/mol. The van der Waals surface area contributed by atoms with Gasteiger partial charge in [-0.3, -0.25) is 0 Å². The molecule has 0 saturated carbocycles. The van der Waals surface area contributed by atoms with Crippen molar-refractivity contribution < 1.29 is 14.2 Å². The fourth-order valence-electron chi connectivity index (χ4n) is 3.39. The van der Waals surface area contributed by atoms with Gasteiger partial charge in [0.05, 0.1) is 25.9 Å². The van der Waals surface area contributed by atoms with Gasteiger partial charge in [0.2, 0.25) is 0 Å². The van der Waals surface area contributed by atoms with Crippen LogP contribution < -0.4 is 20.3 Å². The molecule has 1 aromatic heterocycles. The second kappa shape index (κ2) is 12.9. The van der Waals surface area contributed by atoms with E-state index in [0.717, 1.165) is 61.4 Å². The number of morpholine rings is 1. The zero-order valence-corrected chi connectivity index (χ0v) is 19.3. The van der Waals surface area contributed by atoms with Crippen molar-refractivity contribution in [3.8, 4) is 5.75 Å². The first-order valence-electron chi connectivity index (χ1n) is 11.3. The quantitative estimate of drug-likeness (QED) is 0.333. The molecular weight excluding hydrogens is 406 g/mol. The van der Waals surface area contributed by atoms with Crippen molar-refractivity contribution in [1.29, 1.82) is 0 Å². The number of anilines is 2. The smallest absolute Gasteiger partial charge is 0.196 e. The van der Waals surface area contributed by atoms with E-state index in [9.17, 15) is 0 Å². The molecular formula is C24H35N5O3. The van der Waals surface area contributed by atoms with E-state index < -0.39 is 0 Å². The molecule has 0 aliphatic carbocycles. The highest BCUT2D eigenvalue weighted by molar-refractivity contribution is 5.93. The van der Waals surface area contributed by atoms with Gasteiger partial charge in [-0.25, -0.2) is 9.98 Å². The third-order valence-electron chi connectivity index (χ3n) is 5.00. The minimum atomic E-state index is 0.234. The summed E-state index contributed by atoms with van der Waals surface area (Å²) >= 11 is 0. The van der Waals surface area contributed by atoms with Gasteiger partial charge in [-0.1, -0.05) is 12.1 Å². The van der Waals surface area contributed by atoms with Crippen LogP contribution in [0.2, 0.25) is 0 Å². The number of guanidine groups is 1. The summed E-state index contributed by atoms with van der Waals surface area (Å²) in [6.07, 6.45) is 2.99. The first-order valence-corrected chi connectivity index (χ1v) is 11.3.